The average molecular weight is 448 g/mol. The predicted molar refractivity (Wildman–Crippen MR) is 116 cm³/mol. The van der Waals surface area contributed by atoms with Crippen LogP contribution in [0.15, 0.2) is 46.1 Å². The van der Waals surface area contributed by atoms with Crippen LogP contribution in [0, 0.1) is 0 Å². The summed E-state index contributed by atoms with van der Waals surface area (Å²) in [5, 5.41) is 0.414. The number of nitrogens with zero attached hydrogens (tertiary/aromatic N) is 3. The van der Waals surface area contributed by atoms with Gasteiger partial charge in [0, 0.05) is 29.7 Å². The van der Waals surface area contributed by atoms with Crippen LogP contribution in [0.4, 0.5) is 4.79 Å². The molecule has 0 atom stereocenters. The monoisotopic (exact) mass is 447 g/mol. The number of thioether (sulfide) groups is 1. The second kappa shape index (κ2) is 7.40. The van der Waals surface area contributed by atoms with Gasteiger partial charge in [-0.3, -0.25) is 23.6 Å². The quantitative estimate of drug-likeness (QED) is 0.557. The number of hydrogen-bond acceptors (Lipinski definition) is 4. The molecule has 0 radical (unpaired) electrons. The van der Waals surface area contributed by atoms with Gasteiger partial charge in [0.05, 0.1) is 22.5 Å². The van der Waals surface area contributed by atoms with Gasteiger partial charge in [-0.1, -0.05) is 35.3 Å². The molecule has 29 heavy (non-hydrogen) atoms. The number of carbonyl (C=O) groups is 2. The second-order valence-corrected chi connectivity index (χ2v) is 8.42. The normalized spacial score (nSPS) is 15.9. The molecular weight excluding hydrogens is 433 g/mol. The van der Waals surface area contributed by atoms with Gasteiger partial charge in [0.1, 0.15) is 0 Å². The highest BCUT2D eigenvalue weighted by Crippen LogP contribution is 2.35. The van der Waals surface area contributed by atoms with E-state index in [2.05, 4.69) is 0 Å². The van der Waals surface area contributed by atoms with E-state index in [4.69, 9.17) is 23.2 Å². The van der Waals surface area contributed by atoms with Gasteiger partial charge in [0.25, 0.3) is 11.1 Å². The number of amides is 2. The van der Waals surface area contributed by atoms with Crippen molar-refractivity contribution in [2.45, 2.75) is 6.54 Å². The van der Waals surface area contributed by atoms with E-state index in [9.17, 15) is 14.4 Å². The predicted octanol–water partition coefficient (Wildman–Crippen LogP) is 4.42. The maximum Gasteiger partial charge on any atom is 0.328 e. The zero-order valence-electron chi connectivity index (χ0n) is 15.5. The van der Waals surface area contributed by atoms with Crippen LogP contribution in [0.3, 0.4) is 0 Å². The van der Waals surface area contributed by atoms with Crippen molar-refractivity contribution in [3.8, 4) is 0 Å². The molecule has 4 rings (SSSR count). The molecule has 1 aliphatic heterocycles. The lowest BCUT2D eigenvalue weighted by Crippen LogP contribution is -2.27. The van der Waals surface area contributed by atoms with Crippen LogP contribution in [0.25, 0.3) is 17.1 Å². The van der Waals surface area contributed by atoms with Crippen molar-refractivity contribution in [1.29, 1.82) is 0 Å². The summed E-state index contributed by atoms with van der Waals surface area (Å²) in [7, 11) is 3.39. The molecule has 1 aromatic heterocycles. The van der Waals surface area contributed by atoms with Gasteiger partial charge in [-0.15, -0.1) is 0 Å². The molecule has 0 spiro atoms. The summed E-state index contributed by atoms with van der Waals surface area (Å²) in [5.41, 5.74) is 2.65. The highest BCUT2D eigenvalue weighted by atomic mass is 35.5. The van der Waals surface area contributed by atoms with Crippen molar-refractivity contribution in [3.63, 3.8) is 0 Å². The number of aryl methyl sites for hydroxylation is 2. The minimum Gasteiger partial charge on any atom is -0.295 e. The van der Waals surface area contributed by atoms with Crippen LogP contribution in [-0.2, 0) is 25.4 Å². The number of benzene rings is 2. The molecule has 1 aliphatic rings. The summed E-state index contributed by atoms with van der Waals surface area (Å²) in [4.78, 5) is 38.7. The first-order valence-electron chi connectivity index (χ1n) is 8.61. The zero-order valence-corrected chi connectivity index (χ0v) is 17.8. The molecule has 0 N–H and O–H groups in total. The van der Waals surface area contributed by atoms with E-state index < -0.39 is 5.91 Å². The Morgan fingerprint density at radius 1 is 0.966 bits per heavy atom. The van der Waals surface area contributed by atoms with Gasteiger partial charge in [0.15, 0.2) is 0 Å². The third kappa shape index (κ3) is 3.39. The van der Waals surface area contributed by atoms with E-state index in [1.54, 1.807) is 49.0 Å². The van der Waals surface area contributed by atoms with Crippen LogP contribution < -0.4 is 5.69 Å². The second-order valence-electron chi connectivity index (χ2n) is 6.62. The number of halogens is 2. The maximum absolute atomic E-state index is 12.8. The first-order valence-corrected chi connectivity index (χ1v) is 10.2. The van der Waals surface area contributed by atoms with Crippen LogP contribution >= 0.6 is 35.0 Å². The number of carbonyl (C=O) groups excluding carboxylic acids is 2. The summed E-state index contributed by atoms with van der Waals surface area (Å²) < 4.78 is 3.10. The number of hydrogen-bond donors (Lipinski definition) is 0. The van der Waals surface area contributed by atoms with E-state index in [1.165, 1.54) is 4.57 Å². The van der Waals surface area contributed by atoms with Crippen LogP contribution in [0.5, 0.6) is 0 Å². The molecule has 2 amide bonds. The molecule has 0 saturated carbocycles. The Morgan fingerprint density at radius 3 is 2.31 bits per heavy atom. The molecule has 6 nitrogen and oxygen atoms in total. The zero-order chi connectivity index (χ0) is 20.9. The van der Waals surface area contributed by atoms with Crippen molar-refractivity contribution < 1.29 is 9.59 Å². The van der Waals surface area contributed by atoms with E-state index in [1.807, 2.05) is 12.1 Å². The molecule has 2 aromatic carbocycles. The molecule has 1 fully saturated rings. The fourth-order valence-electron chi connectivity index (χ4n) is 3.24. The SMILES string of the molecule is Cn1c(=O)n(C)c2cc(/C=C3\SC(=O)N(Cc4c(Cl)cccc4Cl)C3=O)ccc21. The third-order valence-electron chi connectivity index (χ3n) is 4.85. The van der Waals surface area contributed by atoms with E-state index in [0.717, 1.165) is 33.3 Å². The summed E-state index contributed by atoms with van der Waals surface area (Å²) in [6.07, 6.45) is 1.65. The Labute approximate surface area is 180 Å². The summed E-state index contributed by atoms with van der Waals surface area (Å²) in [6.45, 7) is 0.00668. The van der Waals surface area contributed by atoms with Gasteiger partial charge in [-0.05, 0) is 47.7 Å². The third-order valence-corrected chi connectivity index (χ3v) is 6.46. The fraction of sp³-hybridized carbons (Fsp3) is 0.150. The molecule has 0 unspecified atom stereocenters. The van der Waals surface area contributed by atoms with E-state index in [0.29, 0.717) is 20.5 Å². The Morgan fingerprint density at radius 2 is 1.62 bits per heavy atom. The van der Waals surface area contributed by atoms with Crippen LogP contribution in [-0.4, -0.2) is 25.2 Å². The number of rotatable bonds is 3. The average Bonchev–Trinajstić information content (AvgIpc) is 3.07. The van der Waals surface area contributed by atoms with Crippen molar-refractivity contribution in [1.82, 2.24) is 14.0 Å². The van der Waals surface area contributed by atoms with Crippen LogP contribution in [0.2, 0.25) is 10.0 Å². The topological polar surface area (TPSA) is 64.3 Å². The van der Waals surface area contributed by atoms with Crippen molar-refractivity contribution in [2.75, 3.05) is 0 Å². The Hall–Kier alpha value is -2.48. The molecule has 3 aromatic rings. The Kier molecular flexibility index (Phi) is 5.06. The minimum atomic E-state index is -0.405. The number of imide groups is 1. The van der Waals surface area contributed by atoms with Gasteiger partial charge < -0.3 is 0 Å². The molecule has 148 valence electrons. The van der Waals surface area contributed by atoms with Crippen molar-refractivity contribution in [2.24, 2.45) is 14.1 Å². The van der Waals surface area contributed by atoms with Crippen molar-refractivity contribution in [3.05, 3.63) is 73.0 Å². The highest BCUT2D eigenvalue weighted by Gasteiger charge is 2.35. The lowest BCUT2D eigenvalue weighted by molar-refractivity contribution is -0.123. The van der Waals surface area contributed by atoms with Gasteiger partial charge in [0.2, 0.25) is 0 Å². The van der Waals surface area contributed by atoms with E-state index in [-0.39, 0.29) is 17.5 Å². The first-order chi connectivity index (χ1) is 13.8. The number of fused-ring (bicyclic) bond motifs is 1. The van der Waals surface area contributed by atoms with E-state index >= 15 is 0 Å². The molecule has 1 saturated heterocycles. The standard InChI is InChI=1S/C20H15Cl2N3O3S/c1-23-15-7-6-11(8-16(15)24(2)19(23)27)9-17-18(26)25(20(28)29-17)10-12-13(21)4-3-5-14(12)22/h3-9H,10H2,1-2H3/b17-9-. The largest absolute Gasteiger partial charge is 0.328 e. The molecular formula is C20H15Cl2N3O3S. The summed E-state index contributed by atoms with van der Waals surface area (Å²) in [6, 6.07) is 10.5. The lowest BCUT2D eigenvalue weighted by Gasteiger charge is -2.14. The number of aromatic nitrogens is 2. The summed E-state index contributed by atoms with van der Waals surface area (Å²) >= 11 is 13.2. The minimum absolute atomic E-state index is 0.00668. The lowest BCUT2D eigenvalue weighted by atomic mass is 10.1. The van der Waals surface area contributed by atoms with Crippen LogP contribution in [0.1, 0.15) is 11.1 Å². The smallest absolute Gasteiger partial charge is 0.295 e. The maximum atomic E-state index is 12.8. The van der Waals surface area contributed by atoms with Gasteiger partial charge >= 0.3 is 5.69 Å². The van der Waals surface area contributed by atoms with Gasteiger partial charge in [-0.2, -0.15) is 0 Å². The Balaban J connectivity index is 1.66. The highest BCUT2D eigenvalue weighted by molar-refractivity contribution is 8.18. The fourth-order valence-corrected chi connectivity index (χ4v) is 4.60. The molecule has 0 bridgehead atoms. The van der Waals surface area contributed by atoms with Gasteiger partial charge in [-0.25, -0.2) is 4.79 Å². The molecule has 2 heterocycles. The molecule has 0 aliphatic carbocycles. The first kappa shape index (κ1) is 19.8. The molecule has 9 heteroatoms. The van der Waals surface area contributed by atoms with Crippen molar-refractivity contribution >= 4 is 63.2 Å². The Bertz CT molecular complexity index is 1260. The summed E-state index contributed by atoms with van der Waals surface area (Å²) in [5.74, 6) is -0.405. The number of imidazole rings is 1.